The molecule has 1 aliphatic heterocycles. The number of rotatable bonds is 4. The van der Waals surface area contributed by atoms with Gasteiger partial charge in [0.1, 0.15) is 11.6 Å². The van der Waals surface area contributed by atoms with E-state index in [-0.39, 0.29) is 6.10 Å². The normalized spacial score (nSPS) is 18.6. The van der Waals surface area contributed by atoms with Crippen molar-refractivity contribution in [2.24, 2.45) is 0 Å². The molecule has 0 bridgehead atoms. The van der Waals surface area contributed by atoms with Crippen molar-refractivity contribution in [3.05, 3.63) is 17.6 Å². The molecule has 1 N–H and O–H groups in total. The molecule has 1 atom stereocenters. The fraction of sp³-hybridized carbons (Fsp3) is 0.714. The molecule has 1 aromatic rings. The summed E-state index contributed by atoms with van der Waals surface area (Å²) >= 11 is 0. The topological polar surface area (TPSA) is 52.5 Å². The van der Waals surface area contributed by atoms with Crippen LogP contribution in [0.15, 0.2) is 6.07 Å². The van der Waals surface area contributed by atoms with Gasteiger partial charge in [0.15, 0.2) is 0 Å². The summed E-state index contributed by atoms with van der Waals surface area (Å²) in [4.78, 5) is 13.4. The summed E-state index contributed by atoms with van der Waals surface area (Å²) in [5.41, 5.74) is 1.02. The summed E-state index contributed by atoms with van der Waals surface area (Å²) in [5.74, 6) is 1.86. The summed E-state index contributed by atoms with van der Waals surface area (Å²) in [5, 5.41) is 9.69. The summed E-state index contributed by atoms with van der Waals surface area (Å²) < 4.78 is 0. The number of nitrogens with zero attached hydrogens (tertiary/aromatic N) is 4. The van der Waals surface area contributed by atoms with Crippen LogP contribution in [0.1, 0.15) is 24.9 Å². The minimum atomic E-state index is -0.199. The van der Waals surface area contributed by atoms with E-state index >= 15 is 0 Å². The average Bonchev–Trinajstić information content (AvgIpc) is 2.38. The van der Waals surface area contributed by atoms with Crippen LogP contribution < -0.4 is 4.90 Å². The van der Waals surface area contributed by atoms with Crippen molar-refractivity contribution in [3.8, 4) is 0 Å². The highest BCUT2D eigenvalue weighted by molar-refractivity contribution is 5.40. The molecule has 1 aromatic heterocycles. The van der Waals surface area contributed by atoms with Crippen LogP contribution >= 0.6 is 0 Å². The second-order valence-electron chi connectivity index (χ2n) is 5.26. The van der Waals surface area contributed by atoms with Crippen LogP contribution in [0.5, 0.6) is 0 Å². The van der Waals surface area contributed by atoms with Crippen LogP contribution in [0.25, 0.3) is 0 Å². The second kappa shape index (κ2) is 6.30. The Labute approximate surface area is 115 Å². The van der Waals surface area contributed by atoms with Gasteiger partial charge >= 0.3 is 0 Å². The molecule has 1 unspecified atom stereocenters. The molecule has 0 aromatic carbocycles. The fourth-order valence-corrected chi connectivity index (χ4v) is 2.45. The Hall–Kier alpha value is -1.20. The molecule has 2 rings (SSSR count). The van der Waals surface area contributed by atoms with Crippen molar-refractivity contribution in [3.63, 3.8) is 0 Å². The molecular formula is C14H24N4O. The number of anilines is 1. The minimum Gasteiger partial charge on any atom is -0.392 e. The van der Waals surface area contributed by atoms with Crippen LogP contribution in [0.3, 0.4) is 0 Å². The Balaban J connectivity index is 1.92. The van der Waals surface area contributed by atoms with Crippen LogP contribution in [0.4, 0.5) is 5.82 Å². The van der Waals surface area contributed by atoms with Gasteiger partial charge in [0.05, 0.1) is 6.10 Å². The number of aliphatic hydroxyl groups excluding tert-OH is 1. The van der Waals surface area contributed by atoms with Crippen LogP contribution in [-0.4, -0.2) is 58.8 Å². The molecule has 0 spiro atoms. The fourth-order valence-electron chi connectivity index (χ4n) is 2.45. The first-order valence-corrected chi connectivity index (χ1v) is 7.06. The third kappa shape index (κ3) is 3.88. The van der Waals surface area contributed by atoms with Crippen molar-refractivity contribution in [2.45, 2.75) is 33.3 Å². The first-order valence-electron chi connectivity index (χ1n) is 7.06. The van der Waals surface area contributed by atoms with Crippen LogP contribution in [0.2, 0.25) is 0 Å². The first kappa shape index (κ1) is 14.2. The van der Waals surface area contributed by atoms with Gasteiger partial charge in [0.2, 0.25) is 0 Å². The van der Waals surface area contributed by atoms with Gasteiger partial charge in [0, 0.05) is 44.5 Å². The number of aromatic nitrogens is 2. The van der Waals surface area contributed by atoms with E-state index in [1.165, 1.54) is 0 Å². The van der Waals surface area contributed by atoms with Gasteiger partial charge < -0.3 is 10.0 Å². The van der Waals surface area contributed by atoms with Crippen molar-refractivity contribution < 1.29 is 5.11 Å². The number of β-amino-alcohol motifs (C(OH)–C–C–N with tert-alkyl or cyclic N) is 1. The lowest BCUT2D eigenvalue weighted by Crippen LogP contribution is -2.48. The lowest BCUT2D eigenvalue weighted by Gasteiger charge is -2.36. The van der Waals surface area contributed by atoms with Gasteiger partial charge in [-0.1, -0.05) is 6.92 Å². The minimum absolute atomic E-state index is 0.199. The Morgan fingerprint density at radius 2 is 1.89 bits per heavy atom. The van der Waals surface area contributed by atoms with Crippen molar-refractivity contribution in [1.82, 2.24) is 14.9 Å². The lowest BCUT2D eigenvalue weighted by molar-refractivity contribution is 0.106. The standard InChI is InChI=1S/C14H24N4O/c1-4-13(19)10-17-5-7-18(8-6-17)14-9-11(2)15-12(3)16-14/h9,13,19H,4-8,10H2,1-3H3. The Morgan fingerprint density at radius 1 is 1.21 bits per heavy atom. The van der Waals surface area contributed by atoms with Crippen LogP contribution in [0, 0.1) is 13.8 Å². The van der Waals surface area contributed by atoms with E-state index in [1.54, 1.807) is 0 Å². The Bertz CT molecular complexity index is 396. The molecule has 0 radical (unpaired) electrons. The van der Waals surface area contributed by atoms with E-state index in [4.69, 9.17) is 0 Å². The van der Waals surface area contributed by atoms with Gasteiger partial charge in [-0.2, -0.15) is 0 Å². The van der Waals surface area contributed by atoms with E-state index in [0.717, 1.165) is 56.5 Å². The largest absolute Gasteiger partial charge is 0.392 e. The van der Waals surface area contributed by atoms with E-state index in [0.29, 0.717) is 0 Å². The zero-order valence-electron chi connectivity index (χ0n) is 12.1. The smallest absolute Gasteiger partial charge is 0.132 e. The summed E-state index contributed by atoms with van der Waals surface area (Å²) in [6.45, 7) is 10.6. The second-order valence-corrected chi connectivity index (χ2v) is 5.26. The number of aryl methyl sites for hydroxylation is 2. The van der Waals surface area contributed by atoms with E-state index in [1.807, 2.05) is 26.8 Å². The van der Waals surface area contributed by atoms with Gasteiger partial charge in [-0.25, -0.2) is 9.97 Å². The molecule has 2 heterocycles. The Morgan fingerprint density at radius 3 is 2.47 bits per heavy atom. The summed E-state index contributed by atoms with van der Waals surface area (Å²) in [6, 6.07) is 2.05. The van der Waals surface area contributed by atoms with Crippen molar-refractivity contribution >= 4 is 5.82 Å². The lowest BCUT2D eigenvalue weighted by atomic mass is 10.2. The maximum atomic E-state index is 9.69. The van der Waals surface area contributed by atoms with Gasteiger partial charge in [-0.15, -0.1) is 0 Å². The summed E-state index contributed by atoms with van der Waals surface area (Å²) in [6.07, 6.45) is 0.625. The van der Waals surface area contributed by atoms with E-state index in [2.05, 4.69) is 19.8 Å². The molecule has 0 saturated carbocycles. The number of hydrogen-bond acceptors (Lipinski definition) is 5. The monoisotopic (exact) mass is 264 g/mol. The molecule has 106 valence electrons. The maximum Gasteiger partial charge on any atom is 0.132 e. The molecule has 0 aliphatic carbocycles. The maximum absolute atomic E-state index is 9.69. The highest BCUT2D eigenvalue weighted by atomic mass is 16.3. The van der Waals surface area contributed by atoms with Gasteiger partial charge in [0.25, 0.3) is 0 Å². The van der Waals surface area contributed by atoms with Gasteiger partial charge in [-0.05, 0) is 20.3 Å². The van der Waals surface area contributed by atoms with Crippen molar-refractivity contribution in [1.29, 1.82) is 0 Å². The predicted molar refractivity (Wildman–Crippen MR) is 76.5 cm³/mol. The molecule has 5 nitrogen and oxygen atoms in total. The highest BCUT2D eigenvalue weighted by Gasteiger charge is 2.19. The number of piperazine rings is 1. The molecule has 5 heteroatoms. The molecule has 19 heavy (non-hydrogen) atoms. The third-order valence-electron chi connectivity index (χ3n) is 3.59. The molecule has 1 aliphatic rings. The highest BCUT2D eigenvalue weighted by Crippen LogP contribution is 2.15. The van der Waals surface area contributed by atoms with Crippen LogP contribution in [-0.2, 0) is 0 Å². The molecule has 1 fully saturated rings. The summed E-state index contributed by atoms with van der Waals surface area (Å²) in [7, 11) is 0. The van der Waals surface area contributed by atoms with E-state index < -0.39 is 0 Å². The van der Waals surface area contributed by atoms with Crippen molar-refractivity contribution in [2.75, 3.05) is 37.6 Å². The number of aliphatic hydroxyl groups is 1. The SMILES string of the molecule is CCC(O)CN1CCN(c2cc(C)nc(C)n2)CC1. The zero-order chi connectivity index (χ0) is 13.8. The predicted octanol–water partition coefficient (Wildman–Crippen LogP) is 0.986. The molecule has 1 saturated heterocycles. The zero-order valence-corrected chi connectivity index (χ0v) is 12.1. The molecule has 0 amide bonds. The first-order chi connectivity index (χ1) is 9.08. The van der Waals surface area contributed by atoms with E-state index in [9.17, 15) is 5.11 Å². The Kier molecular flexibility index (Phi) is 4.71. The quantitative estimate of drug-likeness (QED) is 0.879. The third-order valence-corrected chi connectivity index (χ3v) is 3.59. The number of hydrogen-bond donors (Lipinski definition) is 1. The average molecular weight is 264 g/mol. The van der Waals surface area contributed by atoms with Gasteiger partial charge in [-0.3, -0.25) is 4.90 Å². The molecular weight excluding hydrogens is 240 g/mol.